The number of amides is 2. The molecule has 3 rings (SSSR count). The maximum absolute atomic E-state index is 12.5. The molecular weight excluding hydrogens is 438 g/mol. The average molecular weight is 460 g/mol. The van der Waals surface area contributed by atoms with Crippen LogP contribution in [0.2, 0.25) is 0 Å². The minimum Gasteiger partial charge on any atom is -0.465 e. The van der Waals surface area contributed by atoms with Crippen molar-refractivity contribution in [3.8, 4) is 11.4 Å². The second-order valence-electron chi connectivity index (χ2n) is 6.63. The molecule has 2 aromatic heterocycles. The van der Waals surface area contributed by atoms with Crippen LogP contribution in [0.4, 0.5) is 5.00 Å². The van der Waals surface area contributed by atoms with Gasteiger partial charge in [0.25, 0.3) is 5.91 Å². The molecule has 1 aromatic carbocycles. The van der Waals surface area contributed by atoms with Crippen molar-refractivity contribution >= 4 is 45.9 Å². The molecule has 162 valence electrons. The first-order valence-electron chi connectivity index (χ1n) is 9.14. The van der Waals surface area contributed by atoms with Gasteiger partial charge < -0.3 is 20.4 Å². The number of carbonyl (C=O) groups is 3. The van der Waals surface area contributed by atoms with Gasteiger partial charge in [-0.1, -0.05) is 36.0 Å². The van der Waals surface area contributed by atoms with Crippen LogP contribution in [0, 0.1) is 13.8 Å². The number of methoxy groups -OCH3 is 1. The molecule has 0 aliphatic carbocycles. The molecule has 0 fully saturated rings. The van der Waals surface area contributed by atoms with Crippen molar-refractivity contribution in [2.75, 3.05) is 18.2 Å². The Balaban J connectivity index is 1.75. The highest BCUT2D eigenvalue weighted by Crippen LogP contribution is 2.33. The summed E-state index contributed by atoms with van der Waals surface area (Å²) in [7, 11) is 3.06. The summed E-state index contributed by atoms with van der Waals surface area (Å²) >= 11 is 2.15. The van der Waals surface area contributed by atoms with E-state index in [4.69, 9.17) is 10.5 Å². The zero-order valence-corrected chi connectivity index (χ0v) is 19.0. The lowest BCUT2D eigenvalue weighted by molar-refractivity contribution is -0.113. The fraction of sp³-hybridized carbons (Fsp3) is 0.250. The van der Waals surface area contributed by atoms with E-state index >= 15 is 0 Å². The van der Waals surface area contributed by atoms with Gasteiger partial charge >= 0.3 is 5.97 Å². The molecule has 0 atom stereocenters. The number of nitrogens with zero attached hydrogens (tertiary/aromatic N) is 3. The zero-order valence-electron chi connectivity index (χ0n) is 17.4. The molecule has 3 aromatic rings. The number of nitrogens with two attached hydrogens (primary N) is 1. The van der Waals surface area contributed by atoms with Crippen LogP contribution in [0.15, 0.2) is 29.4 Å². The van der Waals surface area contributed by atoms with Gasteiger partial charge in [0.05, 0.1) is 23.3 Å². The SMILES string of the molecule is COC(=O)c1c(NC(=O)CSc2nnc(-c3ccccc3C)n2C)sc(C(N)=O)c1C. The third-order valence-corrected chi connectivity index (χ3v) is 6.81. The first kappa shape index (κ1) is 22.5. The molecule has 0 aliphatic rings. The third kappa shape index (κ3) is 4.62. The lowest BCUT2D eigenvalue weighted by Gasteiger charge is -2.07. The van der Waals surface area contributed by atoms with Crippen LogP contribution in [0.25, 0.3) is 11.4 Å². The number of ether oxygens (including phenoxy) is 1. The number of benzene rings is 1. The number of carbonyl (C=O) groups excluding carboxylic acids is 3. The number of primary amides is 1. The Labute approximate surface area is 187 Å². The molecule has 3 N–H and O–H groups in total. The largest absolute Gasteiger partial charge is 0.465 e. The van der Waals surface area contributed by atoms with Crippen molar-refractivity contribution in [2.24, 2.45) is 12.8 Å². The van der Waals surface area contributed by atoms with E-state index in [-0.39, 0.29) is 27.1 Å². The molecule has 0 spiro atoms. The van der Waals surface area contributed by atoms with Crippen molar-refractivity contribution < 1.29 is 19.1 Å². The second kappa shape index (κ2) is 9.31. The molecule has 2 heterocycles. The number of esters is 1. The highest BCUT2D eigenvalue weighted by atomic mass is 32.2. The minimum absolute atomic E-state index is 0.0310. The number of nitrogens with one attached hydrogen (secondary N) is 1. The van der Waals surface area contributed by atoms with E-state index in [1.807, 2.05) is 42.8 Å². The van der Waals surface area contributed by atoms with E-state index in [0.29, 0.717) is 16.5 Å². The van der Waals surface area contributed by atoms with Crippen molar-refractivity contribution in [2.45, 2.75) is 19.0 Å². The van der Waals surface area contributed by atoms with Crippen molar-refractivity contribution in [3.05, 3.63) is 45.8 Å². The first-order valence-corrected chi connectivity index (χ1v) is 10.9. The predicted molar refractivity (Wildman–Crippen MR) is 119 cm³/mol. The number of aromatic nitrogens is 3. The molecule has 0 radical (unpaired) electrons. The predicted octanol–water partition coefficient (Wildman–Crippen LogP) is 2.78. The van der Waals surface area contributed by atoms with Gasteiger partial charge in [-0.15, -0.1) is 21.5 Å². The summed E-state index contributed by atoms with van der Waals surface area (Å²) in [4.78, 5) is 36.5. The first-order chi connectivity index (χ1) is 14.7. The molecule has 11 heteroatoms. The normalized spacial score (nSPS) is 10.7. The van der Waals surface area contributed by atoms with Crippen LogP contribution < -0.4 is 11.1 Å². The Hall–Kier alpha value is -3.18. The Morgan fingerprint density at radius 2 is 1.94 bits per heavy atom. The van der Waals surface area contributed by atoms with Crippen LogP contribution in [0.5, 0.6) is 0 Å². The number of thioether (sulfide) groups is 1. The fourth-order valence-corrected chi connectivity index (χ4v) is 4.75. The molecule has 0 saturated heterocycles. The molecular formula is C20H21N5O4S2. The molecule has 31 heavy (non-hydrogen) atoms. The van der Waals surface area contributed by atoms with Gasteiger partial charge in [-0.05, 0) is 25.0 Å². The van der Waals surface area contributed by atoms with E-state index in [2.05, 4.69) is 15.5 Å². The number of aryl methyl sites for hydroxylation is 1. The lowest BCUT2D eigenvalue weighted by atomic mass is 10.1. The standard InChI is InChI=1S/C20H21N5O4S2/c1-10-7-5-6-8-12(10)17-23-24-20(25(17)3)30-9-13(26)22-18-14(19(28)29-4)11(2)15(31-18)16(21)27/h5-8H,9H2,1-4H3,(H2,21,27)(H,22,26). The van der Waals surface area contributed by atoms with E-state index in [1.165, 1.54) is 18.9 Å². The minimum atomic E-state index is -0.676. The van der Waals surface area contributed by atoms with Gasteiger partial charge in [-0.25, -0.2) is 4.79 Å². The van der Waals surface area contributed by atoms with Gasteiger partial charge in [-0.2, -0.15) is 0 Å². The van der Waals surface area contributed by atoms with Gasteiger partial charge in [0.1, 0.15) is 5.00 Å². The summed E-state index contributed by atoms with van der Waals surface area (Å²) in [6.45, 7) is 3.58. The number of hydrogen-bond donors (Lipinski definition) is 2. The van der Waals surface area contributed by atoms with E-state index in [1.54, 1.807) is 6.92 Å². The summed E-state index contributed by atoms with van der Waals surface area (Å²) in [5.41, 5.74) is 7.90. The Kier molecular flexibility index (Phi) is 6.76. The van der Waals surface area contributed by atoms with Gasteiger partial charge in [0.2, 0.25) is 5.91 Å². The van der Waals surface area contributed by atoms with Gasteiger partial charge in [-0.3, -0.25) is 9.59 Å². The molecule has 0 bridgehead atoms. The van der Waals surface area contributed by atoms with Crippen LogP contribution in [-0.4, -0.2) is 45.4 Å². The zero-order chi connectivity index (χ0) is 22.7. The quantitative estimate of drug-likeness (QED) is 0.410. The Bertz CT molecular complexity index is 1170. The summed E-state index contributed by atoms with van der Waals surface area (Å²) in [5, 5.41) is 11.9. The number of hydrogen-bond acceptors (Lipinski definition) is 8. The number of thiophene rings is 1. The topological polar surface area (TPSA) is 129 Å². The summed E-state index contributed by atoms with van der Waals surface area (Å²) in [5.74, 6) is -0.962. The van der Waals surface area contributed by atoms with Crippen LogP contribution in [-0.2, 0) is 16.6 Å². The molecule has 9 nitrogen and oxygen atoms in total. The maximum Gasteiger partial charge on any atom is 0.341 e. The lowest BCUT2D eigenvalue weighted by Crippen LogP contribution is -2.16. The summed E-state index contributed by atoms with van der Waals surface area (Å²) in [6.07, 6.45) is 0. The number of anilines is 1. The average Bonchev–Trinajstić information content (AvgIpc) is 3.26. The van der Waals surface area contributed by atoms with Crippen molar-refractivity contribution in [3.63, 3.8) is 0 Å². The highest BCUT2D eigenvalue weighted by molar-refractivity contribution is 7.99. The third-order valence-electron chi connectivity index (χ3n) is 4.57. The van der Waals surface area contributed by atoms with Crippen LogP contribution >= 0.6 is 23.1 Å². The van der Waals surface area contributed by atoms with E-state index < -0.39 is 11.9 Å². The molecule has 0 unspecified atom stereocenters. The van der Waals surface area contributed by atoms with E-state index in [0.717, 1.165) is 22.5 Å². The Morgan fingerprint density at radius 3 is 2.58 bits per heavy atom. The smallest absolute Gasteiger partial charge is 0.341 e. The highest BCUT2D eigenvalue weighted by Gasteiger charge is 2.25. The monoisotopic (exact) mass is 459 g/mol. The van der Waals surface area contributed by atoms with Gasteiger partial charge in [0.15, 0.2) is 11.0 Å². The van der Waals surface area contributed by atoms with Crippen molar-refractivity contribution in [1.82, 2.24) is 14.8 Å². The maximum atomic E-state index is 12.5. The summed E-state index contributed by atoms with van der Waals surface area (Å²) < 4.78 is 6.59. The summed E-state index contributed by atoms with van der Waals surface area (Å²) in [6, 6.07) is 7.84. The Morgan fingerprint density at radius 1 is 1.23 bits per heavy atom. The second-order valence-corrected chi connectivity index (χ2v) is 8.60. The van der Waals surface area contributed by atoms with Gasteiger partial charge in [0, 0.05) is 12.6 Å². The number of rotatable bonds is 7. The van der Waals surface area contributed by atoms with Crippen LogP contribution in [0.1, 0.15) is 31.2 Å². The molecule has 0 aliphatic heterocycles. The molecule has 0 saturated carbocycles. The van der Waals surface area contributed by atoms with E-state index in [9.17, 15) is 14.4 Å². The molecule has 2 amide bonds. The fourth-order valence-electron chi connectivity index (χ4n) is 2.98. The van der Waals surface area contributed by atoms with Crippen molar-refractivity contribution in [1.29, 1.82) is 0 Å². The van der Waals surface area contributed by atoms with Crippen LogP contribution in [0.3, 0.4) is 0 Å².